The standard InChI is InChI=1S/C8H17NO/c1-7-3-4-8(10)5-6-9(7)2/h7-8,10H,3-6H2,1-2H3/t7-,8-/m1/s1. The molecule has 0 amide bonds. The van der Waals surface area contributed by atoms with Gasteiger partial charge in [0.2, 0.25) is 0 Å². The number of hydrogen-bond donors (Lipinski definition) is 1. The highest BCUT2D eigenvalue weighted by atomic mass is 16.3. The number of hydrogen-bond acceptors (Lipinski definition) is 2. The van der Waals surface area contributed by atoms with Crippen LogP contribution in [0.3, 0.4) is 0 Å². The summed E-state index contributed by atoms with van der Waals surface area (Å²) < 4.78 is 0. The van der Waals surface area contributed by atoms with Crippen LogP contribution in [0.5, 0.6) is 0 Å². The topological polar surface area (TPSA) is 23.5 Å². The van der Waals surface area contributed by atoms with Gasteiger partial charge in [0.1, 0.15) is 0 Å². The Balaban J connectivity index is 2.38. The molecule has 10 heavy (non-hydrogen) atoms. The molecule has 1 heterocycles. The largest absolute Gasteiger partial charge is 0.393 e. The number of aliphatic hydroxyl groups is 1. The Morgan fingerprint density at radius 1 is 1.30 bits per heavy atom. The zero-order valence-corrected chi connectivity index (χ0v) is 6.88. The molecule has 0 aliphatic carbocycles. The SMILES string of the molecule is C[C@@H]1CC[C@@H](O)CCN1C. The second-order valence-corrected chi connectivity index (χ2v) is 3.35. The minimum absolute atomic E-state index is 0.0487. The Morgan fingerprint density at radius 3 is 2.70 bits per heavy atom. The van der Waals surface area contributed by atoms with E-state index in [2.05, 4.69) is 18.9 Å². The normalized spacial score (nSPS) is 37.5. The minimum Gasteiger partial charge on any atom is -0.393 e. The lowest BCUT2D eigenvalue weighted by molar-refractivity contribution is 0.157. The number of nitrogens with zero attached hydrogens (tertiary/aromatic N) is 1. The molecule has 1 aliphatic heterocycles. The molecule has 0 aromatic heterocycles. The van der Waals surface area contributed by atoms with Crippen molar-refractivity contribution in [3.63, 3.8) is 0 Å². The van der Waals surface area contributed by atoms with E-state index in [1.54, 1.807) is 0 Å². The Kier molecular flexibility index (Phi) is 2.69. The molecule has 2 heteroatoms. The molecule has 0 aromatic carbocycles. The first-order valence-corrected chi connectivity index (χ1v) is 4.08. The molecule has 1 saturated heterocycles. The van der Waals surface area contributed by atoms with Crippen LogP contribution in [0.25, 0.3) is 0 Å². The summed E-state index contributed by atoms with van der Waals surface area (Å²) in [5, 5.41) is 9.30. The van der Waals surface area contributed by atoms with Crippen molar-refractivity contribution in [2.75, 3.05) is 13.6 Å². The van der Waals surface area contributed by atoms with Crippen molar-refractivity contribution in [2.24, 2.45) is 0 Å². The van der Waals surface area contributed by atoms with Crippen LogP contribution in [0.15, 0.2) is 0 Å². The molecule has 1 N–H and O–H groups in total. The van der Waals surface area contributed by atoms with Gasteiger partial charge in [-0.3, -0.25) is 0 Å². The second kappa shape index (κ2) is 3.35. The average Bonchev–Trinajstić information content (AvgIpc) is 2.04. The lowest BCUT2D eigenvalue weighted by Gasteiger charge is -2.20. The van der Waals surface area contributed by atoms with Crippen LogP contribution >= 0.6 is 0 Å². The second-order valence-electron chi connectivity index (χ2n) is 3.35. The Labute approximate surface area is 62.8 Å². The first-order valence-electron chi connectivity index (χ1n) is 4.08. The molecule has 1 aliphatic rings. The third-order valence-corrected chi connectivity index (χ3v) is 2.49. The molecular weight excluding hydrogens is 126 g/mol. The molecule has 1 fully saturated rings. The average molecular weight is 143 g/mol. The van der Waals surface area contributed by atoms with Gasteiger partial charge in [-0.15, -0.1) is 0 Å². The molecule has 0 aromatic rings. The van der Waals surface area contributed by atoms with Crippen molar-refractivity contribution in [1.82, 2.24) is 4.90 Å². The molecule has 60 valence electrons. The van der Waals surface area contributed by atoms with E-state index >= 15 is 0 Å². The van der Waals surface area contributed by atoms with Gasteiger partial charge in [-0.25, -0.2) is 0 Å². The summed E-state index contributed by atoms with van der Waals surface area (Å²) in [6, 6.07) is 0.650. The van der Waals surface area contributed by atoms with Crippen LogP contribution in [-0.4, -0.2) is 35.7 Å². The maximum Gasteiger partial charge on any atom is 0.0553 e. The van der Waals surface area contributed by atoms with Gasteiger partial charge < -0.3 is 10.0 Å². The van der Waals surface area contributed by atoms with Gasteiger partial charge in [0.15, 0.2) is 0 Å². The fourth-order valence-electron chi connectivity index (χ4n) is 1.37. The van der Waals surface area contributed by atoms with E-state index in [1.165, 1.54) is 0 Å². The first-order chi connectivity index (χ1) is 4.70. The molecule has 0 bridgehead atoms. The van der Waals surface area contributed by atoms with Gasteiger partial charge in [-0.05, 0) is 33.2 Å². The molecule has 2 atom stereocenters. The van der Waals surface area contributed by atoms with E-state index in [-0.39, 0.29) is 6.10 Å². The molecular formula is C8H17NO. The smallest absolute Gasteiger partial charge is 0.0553 e. The van der Waals surface area contributed by atoms with Crippen molar-refractivity contribution in [1.29, 1.82) is 0 Å². The highest BCUT2D eigenvalue weighted by Gasteiger charge is 2.17. The maximum atomic E-state index is 9.30. The quantitative estimate of drug-likeness (QED) is 0.543. The molecule has 0 saturated carbocycles. The van der Waals surface area contributed by atoms with E-state index in [0.717, 1.165) is 25.8 Å². The van der Waals surface area contributed by atoms with Crippen molar-refractivity contribution in [3.8, 4) is 0 Å². The number of aliphatic hydroxyl groups excluding tert-OH is 1. The lowest BCUT2D eigenvalue weighted by atomic mass is 10.1. The number of likely N-dealkylation sites (tertiary alicyclic amines) is 1. The van der Waals surface area contributed by atoms with Crippen LogP contribution in [0, 0.1) is 0 Å². The highest BCUT2D eigenvalue weighted by Crippen LogP contribution is 2.14. The first kappa shape index (κ1) is 8.02. The number of rotatable bonds is 0. The summed E-state index contributed by atoms with van der Waals surface area (Å²) >= 11 is 0. The van der Waals surface area contributed by atoms with Gasteiger partial charge in [0.25, 0.3) is 0 Å². The fraction of sp³-hybridized carbons (Fsp3) is 1.00. The van der Waals surface area contributed by atoms with Gasteiger partial charge in [0.05, 0.1) is 6.10 Å². The van der Waals surface area contributed by atoms with Gasteiger partial charge in [-0.1, -0.05) is 0 Å². The monoisotopic (exact) mass is 143 g/mol. The summed E-state index contributed by atoms with van der Waals surface area (Å²) in [6.45, 7) is 3.26. The molecule has 2 nitrogen and oxygen atoms in total. The summed E-state index contributed by atoms with van der Waals surface area (Å²) in [4.78, 5) is 2.32. The van der Waals surface area contributed by atoms with Gasteiger partial charge in [-0.2, -0.15) is 0 Å². The third-order valence-electron chi connectivity index (χ3n) is 2.49. The van der Waals surface area contributed by atoms with E-state index in [0.29, 0.717) is 6.04 Å². The maximum absolute atomic E-state index is 9.30. The van der Waals surface area contributed by atoms with Crippen molar-refractivity contribution >= 4 is 0 Å². The van der Waals surface area contributed by atoms with Crippen LogP contribution in [0.2, 0.25) is 0 Å². The van der Waals surface area contributed by atoms with Crippen LogP contribution in [-0.2, 0) is 0 Å². The Morgan fingerprint density at radius 2 is 2.00 bits per heavy atom. The summed E-state index contributed by atoms with van der Waals surface area (Å²) in [5.74, 6) is 0. The van der Waals surface area contributed by atoms with Crippen molar-refractivity contribution in [2.45, 2.75) is 38.3 Å². The summed E-state index contributed by atoms with van der Waals surface area (Å²) in [5.41, 5.74) is 0. The van der Waals surface area contributed by atoms with Crippen LogP contribution in [0.1, 0.15) is 26.2 Å². The molecule has 1 rings (SSSR count). The molecule has 0 radical (unpaired) electrons. The fourth-order valence-corrected chi connectivity index (χ4v) is 1.37. The third kappa shape index (κ3) is 1.96. The predicted octanol–water partition coefficient (Wildman–Crippen LogP) is 0.851. The van der Waals surface area contributed by atoms with Crippen molar-refractivity contribution in [3.05, 3.63) is 0 Å². The van der Waals surface area contributed by atoms with Crippen molar-refractivity contribution < 1.29 is 5.11 Å². The van der Waals surface area contributed by atoms with E-state index in [1.807, 2.05) is 0 Å². The molecule has 0 unspecified atom stereocenters. The highest BCUT2D eigenvalue weighted by molar-refractivity contribution is 4.72. The molecule has 0 spiro atoms. The van der Waals surface area contributed by atoms with E-state index in [9.17, 15) is 5.11 Å². The zero-order valence-electron chi connectivity index (χ0n) is 6.88. The van der Waals surface area contributed by atoms with Gasteiger partial charge in [0, 0.05) is 12.6 Å². The van der Waals surface area contributed by atoms with Crippen LogP contribution in [0.4, 0.5) is 0 Å². The minimum atomic E-state index is -0.0487. The van der Waals surface area contributed by atoms with E-state index in [4.69, 9.17) is 0 Å². The lowest BCUT2D eigenvalue weighted by Crippen LogP contribution is -2.28. The van der Waals surface area contributed by atoms with Gasteiger partial charge >= 0.3 is 0 Å². The summed E-state index contributed by atoms with van der Waals surface area (Å²) in [7, 11) is 2.13. The Bertz CT molecular complexity index is 93.4. The van der Waals surface area contributed by atoms with Crippen LogP contribution < -0.4 is 0 Å². The summed E-state index contributed by atoms with van der Waals surface area (Å²) in [6.07, 6.45) is 3.01. The van der Waals surface area contributed by atoms with E-state index < -0.39 is 0 Å². The zero-order chi connectivity index (χ0) is 7.56. The Hall–Kier alpha value is -0.0800. The predicted molar refractivity (Wildman–Crippen MR) is 41.9 cm³/mol.